The minimum atomic E-state index is -4.53. The van der Waals surface area contributed by atoms with Crippen molar-refractivity contribution in [3.63, 3.8) is 0 Å². The highest BCUT2D eigenvalue weighted by Crippen LogP contribution is 2.36. The van der Waals surface area contributed by atoms with Gasteiger partial charge in [0.1, 0.15) is 11.9 Å². The molecule has 0 amide bonds. The number of unbranched alkanes of at least 4 members (excludes halogenated alkanes) is 1. The molecule has 1 N–H and O–H groups in total. The molecule has 1 saturated heterocycles. The summed E-state index contributed by atoms with van der Waals surface area (Å²) in [5.41, 5.74) is 1.50. The van der Waals surface area contributed by atoms with Crippen LogP contribution in [0.2, 0.25) is 0 Å². The third kappa shape index (κ3) is 6.31. The van der Waals surface area contributed by atoms with Crippen LogP contribution in [0.25, 0.3) is 11.1 Å². The molecule has 0 atom stereocenters. The lowest BCUT2D eigenvalue weighted by Crippen LogP contribution is -2.47. The SMILES string of the molecule is N#Cc1c(N2CCN(CCCCNc3cc(-c4ccccc4)ccn3)CC2)cccc1C(F)(F)F. The Labute approximate surface area is 203 Å². The van der Waals surface area contributed by atoms with Gasteiger partial charge in [-0.25, -0.2) is 4.98 Å². The molecule has 5 nitrogen and oxygen atoms in total. The average Bonchev–Trinajstić information content (AvgIpc) is 2.88. The van der Waals surface area contributed by atoms with E-state index in [1.54, 1.807) is 12.1 Å². The Morgan fingerprint density at radius 3 is 2.40 bits per heavy atom. The number of pyridine rings is 1. The van der Waals surface area contributed by atoms with E-state index in [0.717, 1.165) is 62.0 Å². The number of halogens is 3. The van der Waals surface area contributed by atoms with E-state index in [-0.39, 0.29) is 5.56 Å². The summed E-state index contributed by atoms with van der Waals surface area (Å²) < 4.78 is 39.8. The van der Waals surface area contributed by atoms with Crippen LogP contribution in [0.4, 0.5) is 24.7 Å². The molecule has 1 aromatic heterocycles. The van der Waals surface area contributed by atoms with Crippen molar-refractivity contribution in [2.24, 2.45) is 0 Å². The maximum Gasteiger partial charge on any atom is 0.417 e. The van der Waals surface area contributed by atoms with E-state index in [2.05, 4.69) is 33.4 Å². The summed E-state index contributed by atoms with van der Waals surface area (Å²) in [7, 11) is 0. The zero-order valence-corrected chi connectivity index (χ0v) is 19.4. The van der Waals surface area contributed by atoms with Gasteiger partial charge < -0.3 is 10.2 Å². The molecule has 0 radical (unpaired) electrons. The van der Waals surface area contributed by atoms with E-state index in [4.69, 9.17) is 0 Å². The van der Waals surface area contributed by atoms with Crippen LogP contribution in [0.3, 0.4) is 0 Å². The molecule has 2 aromatic carbocycles. The van der Waals surface area contributed by atoms with Gasteiger partial charge in [0.15, 0.2) is 0 Å². The third-order valence-corrected chi connectivity index (χ3v) is 6.25. The Kier molecular flexibility index (Phi) is 7.88. The van der Waals surface area contributed by atoms with Crippen LogP contribution < -0.4 is 10.2 Å². The van der Waals surface area contributed by atoms with Crippen LogP contribution in [-0.2, 0) is 6.18 Å². The first-order valence-corrected chi connectivity index (χ1v) is 11.8. The second-order valence-corrected chi connectivity index (χ2v) is 8.57. The molecule has 182 valence electrons. The molecular weight excluding hydrogens is 451 g/mol. The van der Waals surface area contributed by atoms with E-state index in [1.165, 1.54) is 6.07 Å². The van der Waals surface area contributed by atoms with Crippen molar-refractivity contribution in [2.45, 2.75) is 19.0 Å². The van der Waals surface area contributed by atoms with Gasteiger partial charge >= 0.3 is 6.18 Å². The average molecular weight is 480 g/mol. The highest BCUT2D eigenvalue weighted by Gasteiger charge is 2.35. The second kappa shape index (κ2) is 11.2. The molecule has 2 heterocycles. The fourth-order valence-corrected chi connectivity index (χ4v) is 4.38. The predicted molar refractivity (Wildman–Crippen MR) is 132 cm³/mol. The third-order valence-electron chi connectivity index (χ3n) is 6.25. The summed E-state index contributed by atoms with van der Waals surface area (Å²) in [6.45, 7) is 4.47. The monoisotopic (exact) mass is 479 g/mol. The van der Waals surface area contributed by atoms with E-state index in [0.29, 0.717) is 18.8 Å². The van der Waals surface area contributed by atoms with Crippen molar-refractivity contribution >= 4 is 11.5 Å². The quantitative estimate of drug-likeness (QED) is 0.423. The first-order chi connectivity index (χ1) is 17.0. The lowest BCUT2D eigenvalue weighted by molar-refractivity contribution is -0.137. The van der Waals surface area contributed by atoms with E-state index >= 15 is 0 Å². The molecule has 0 spiro atoms. The van der Waals surface area contributed by atoms with E-state index in [9.17, 15) is 18.4 Å². The number of alkyl halides is 3. The number of benzene rings is 2. The molecule has 1 fully saturated rings. The number of hydrogen-bond acceptors (Lipinski definition) is 5. The van der Waals surface area contributed by atoms with Gasteiger partial charge in [-0.05, 0) is 54.8 Å². The van der Waals surface area contributed by atoms with Gasteiger partial charge in [0.05, 0.1) is 16.8 Å². The molecule has 4 rings (SSSR count). The Balaban J connectivity index is 1.21. The van der Waals surface area contributed by atoms with Crippen LogP contribution in [0, 0.1) is 11.3 Å². The Bertz CT molecular complexity index is 1150. The maximum absolute atomic E-state index is 13.3. The normalized spacial score (nSPS) is 14.5. The van der Waals surface area contributed by atoms with Crippen molar-refractivity contribution in [1.82, 2.24) is 9.88 Å². The zero-order chi connectivity index (χ0) is 24.7. The van der Waals surface area contributed by atoms with Crippen LogP contribution in [0.5, 0.6) is 0 Å². The molecule has 0 bridgehead atoms. The minimum absolute atomic E-state index is 0.288. The molecule has 0 saturated carbocycles. The van der Waals surface area contributed by atoms with Crippen LogP contribution in [0.1, 0.15) is 24.0 Å². The van der Waals surface area contributed by atoms with Gasteiger partial charge in [0.25, 0.3) is 0 Å². The summed E-state index contributed by atoms with van der Waals surface area (Å²) in [6.07, 6.45) is -0.719. The van der Waals surface area contributed by atoms with Crippen molar-refractivity contribution < 1.29 is 13.2 Å². The molecule has 1 aliphatic heterocycles. The Morgan fingerprint density at radius 1 is 0.914 bits per heavy atom. The number of hydrogen-bond donors (Lipinski definition) is 1. The van der Waals surface area contributed by atoms with Gasteiger partial charge in [-0.2, -0.15) is 18.4 Å². The van der Waals surface area contributed by atoms with Crippen molar-refractivity contribution in [2.75, 3.05) is 49.5 Å². The fraction of sp³-hybridized carbons (Fsp3) is 0.333. The largest absolute Gasteiger partial charge is 0.417 e. The summed E-state index contributed by atoms with van der Waals surface area (Å²) >= 11 is 0. The standard InChI is InChI=1S/C27H28F3N5/c28-27(29,30)24-9-6-10-25(23(24)20-31)35-17-15-34(16-18-35)14-5-4-12-32-26-19-22(11-13-33-26)21-7-2-1-3-8-21/h1-3,6-11,13,19H,4-5,12,14-18H2,(H,32,33). The number of aromatic nitrogens is 1. The summed E-state index contributed by atoms with van der Waals surface area (Å²) in [5.74, 6) is 0.856. The van der Waals surface area contributed by atoms with E-state index < -0.39 is 11.7 Å². The zero-order valence-electron chi connectivity index (χ0n) is 19.4. The highest BCUT2D eigenvalue weighted by atomic mass is 19.4. The summed E-state index contributed by atoms with van der Waals surface area (Å²) in [5, 5.41) is 12.8. The first kappa shape index (κ1) is 24.6. The molecule has 35 heavy (non-hydrogen) atoms. The smallest absolute Gasteiger partial charge is 0.370 e. The van der Waals surface area contributed by atoms with Crippen molar-refractivity contribution in [3.05, 3.63) is 78.0 Å². The number of nitrogens with zero attached hydrogens (tertiary/aromatic N) is 4. The van der Waals surface area contributed by atoms with Crippen LogP contribution in [-0.4, -0.2) is 49.2 Å². The molecule has 1 aliphatic rings. The highest BCUT2D eigenvalue weighted by molar-refractivity contribution is 5.66. The van der Waals surface area contributed by atoms with Gasteiger partial charge in [-0.1, -0.05) is 36.4 Å². The maximum atomic E-state index is 13.3. The molecule has 8 heteroatoms. The second-order valence-electron chi connectivity index (χ2n) is 8.57. The number of rotatable bonds is 8. The van der Waals surface area contributed by atoms with Gasteiger partial charge in [-0.15, -0.1) is 0 Å². The lowest BCUT2D eigenvalue weighted by Gasteiger charge is -2.36. The summed E-state index contributed by atoms with van der Waals surface area (Å²) in [6, 6.07) is 20.0. The Hall–Kier alpha value is -3.57. The first-order valence-electron chi connectivity index (χ1n) is 11.8. The van der Waals surface area contributed by atoms with Crippen molar-refractivity contribution in [3.8, 4) is 17.2 Å². The van der Waals surface area contributed by atoms with E-state index in [1.807, 2.05) is 35.4 Å². The minimum Gasteiger partial charge on any atom is -0.370 e. The molecule has 0 unspecified atom stereocenters. The van der Waals surface area contributed by atoms with Gasteiger partial charge in [-0.3, -0.25) is 4.90 Å². The number of piperazine rings is 1. The van der Waals surface area contributed by atoms with Crippen molar-refractivity contribution in [1.29, 1.82) is 5.26 Å². The lowest BCUT2D eigenvalue weighted by atomic mass is 10.0. The molecule has 3 aromatic rings. The molecular formula is C27H28F3N5. The van der Waals surface area contributed by atoms with Gasteiger partial charge in [0, 0.05) is 38.9 Å². The number of anilines is 2. The predicted octanol–water partition coefficient (Wildman–Crippen LogP) is 5.65. The van der Waals surface area contributed by atoms with Crippen LogP contribution >= 0.6 is 0 Å². The number of nitriles is 1. The topological polar surface area (TPSA) is 55.2 Å². The number of nitrogens with one attached hydrogen (secondary N) is 1. The van der Waals surface area contributed by atoms with Crippen LogP contribution in [0.15, 0.2) is 66.9 Å². The van der Waals surface area contributed by atoms with Gasteiger partial charge in [0.2, 0.25) is 0 Å². The fourth-order valence-electron chi connectivity index (χ4n) is 4.38. The Morgan fingerprint density at radius 2 is 1.69 bits per heavy atom. The molecule has 0 aliphatic carbocycles. The summed E-state index contributed by atoms with van der Waals surface area (Å²) in [4.78, 5) is 8.61.